The minimum atomic E-state index is -3.78. The molecule has 0 amide bonds. The Hall–Kier alpha value is -3.07. The Morgan fingerprint density at radius 2 is 1.84 bits per heavy atom. The van der Waals surface area contributed by atoms with Gasteiger partial charge in [-0.05, 0) is 12.1 Å². The van der Waals surface area contributed by atoms with Gasteiger partial charge >= 0.3 is 0 Å². The van der Waals surface area contributed by atoms with Crippen molar-refractivity contribution in [2.24, 2.45) is 0 Å². The summed E-state index contributed by atoms with van der Waals surface area (Å²) >= 11 is 0. The van der Waals surface area contributed by atoms with E-state index in [9.17, 15) is 13.6 Å². The van der Waals surface area contributed by atoms with E-state index >= 15 is 0 Å². The van der Waals surface area contributed by atoms with Crippen molar-refractivity contribution in [2.75, 3.05) is 0 Å². The first kappa shape index (κ1) is 15.5. The summed E-state index contributed by atoms with van der Waals surface area (Å²) in [6.07, 6.45) is 5.68. The van der Waals surface area contributed by atoms with Gasteiger partial charge in [-0.1, -0.05) is 29.7 Å². The summed E-state index contributed by atoms with van der Waals surface area (Å²) in [7, 11) is 1.98. The van der Waals surface area contributed by atoms with E-state index in [1.54, 1.807) is 24.3 Å². The molecule has 4 aromatic rings. The number of hydrogen-bond acceptors (Lipinski definition) is 5. The van der Waals surface area contributed by atoms with E-state index in [2.05, 4.69) is 10.1 Å². The van der Waals surface area contributed by atoms with Crippen LogP contribution in [0.25, 0.3) is 22.2 Å². The molecule has 0 saturated carbocycles. The van der Waals surface area contributed by atoms with Gasteiger partial charge in [0.15, 0.2) is 5.65 Å². The van der Waals surface area contributed by atoms with Crippen molar-refractivity contribution in [1.82, 2.24) is 18.9 Å². The van der Waals surface area contributed by atoms with Crippen molar-refractivity contribution < 1.29 is 13.6 Å². The molecule has 9 heteroatoms. The van der Waals surface area contributed by atoms with Crippen LogP contribution in [0.2, 0.25) is 0 Å². The molecule has 25 heavy (non-hydrogen) atoms. The van der Waals surface area contributed by atoms with Crippen LogP contribution in [0.15, 0.2) is 66.1 Å². The molecule has 0 atom stereocenters. The van der Waals surface area contributed by atoms with Gasteiger partial charge in [-0.2, -0.15) is 22.3 Å². The molecule has 1 aromatic carbocycles. The summed E-state index contributed by atoms with van der Waals surface area (Å²) in [6.45, 7) is 0. The smallest absolute Gasteiger partial charge is 0.282 e. The maximum Gasteiger partial charge on any atom is 0.282 e. The number of nitrogens with zero attached hydrogens (tertiary/aromatic N) is 4. The van der Waals surface area contributed by atoms with Gasteiger partial charge in [0.05, 0.1) is 23.5 Å². The molecule has 0 aliphatic carbocycles. The Morgan fingerprint density at radius 1 is 1.08 bits per heavy atom. The fraction of sp³-hybridized carbons (Fsp3) is 0. The monoisotopic (exact) mass is 350 g/mol. The number of pyridine rings is 1. The fourth-order valence-corrected chi connectivity index (χ4v) is 3.75. The molecule has 7 nitrogen and oxygen atoms in total. The van der Waals surface area contributed by atoms with Gasteiger partial charge in [-0.3, -0.25) is 0 Å². The van der Waals surface area contributed by atoms with Gasteiger partial charge < -0.3 is 5.21 Å². The van der Waals surface area contributed by atoms with Gasteiger partial charge in [0.1, 0.15) is 7.85 Å². The summed E-state index contributed by atoms with van der Waals surface area (Å²) in [5.41, 5.74) is 1.85. The lowest BCUT2D eigenvalue weighted by molar-refractivity contribution is 0.198. The molecule has 0 fully saturated rings. The van der Waals surface area contributed by atoms with Crippen LogP contribution in [0.5, 0.6) is 0 Å². The lowest BCUT2D eigenvalue weighted by atomic mass is 9.96. The second-order valence-corrected chi connectivity index (χ2v) is 7.24. The maximum atomic E-state index is 12.6. The predicted octanol–water partition coefficient (Wildman–Crippen LogP) is 1.17. The molecule has 122 valence electrons. The summed E-state index contributed by atoms with van der Waals surface area (Å²) in [5.74, 6) is 0. The standard InChI is InChI=1S/C16H11BN4O3S/c17-12-6-14-15(10-20(22)16(14)18-8-12)11-7-19-21(9-11)25(23,24)13-4-2-1-3-5-13/h1-10,22H. The highest BCUT2D eigenvalue weighted by atomic mass is 32.2. The van der Waals surface area contributed by atoms with E-state index in [1.807, 2.05) is 0 Å². The first-order chi connectivity index (χ1) is 12.0. The quantitative estimate of drug-likeness (QED) is 0.443. The lowest BCUT2D eigenvalue weighted by Gasteiger charge is -2.03. The van der Waals surface area contributed by atoms with E-state index in [0.29, 0.717) is 27.6 Å². The fourth-order valence-electron chi connectivity index (χ4n) is 2.61. The second kappa shape index (κ2) is 5.49. The Morgan fingerprint density at radius 3 is 2.60 bits per heavy atom. The highest BCUT2D eigenvalue weighted by Gasteiger charge is 2.19. The van der Waals surface area contributed by atoms with Crippen molar-refractivity contribution >= 4 is 34.4 Å². The Labute approximate surface area is 144 Å². The number of hydrogen-bond donors (Lipinski definition) is 1. The molecule has 0 aliphatic rings. The normalized spacial score (nSPS) is 11.8. The average Bonchev–Trinajstić information content (AvgIpc) is 3.21. The van der Waals surface area contributed by atoms with Gasteiger partial charge in [0, 0.05) is 22.7 Å². The highest BCUT2D eigenvalue weighted by molar-refractivity contribution is 7.89. The van der Waals surface area contributed by atoms with Crippen molar-refractivity contribution in [2.45, 2.75) is 4.90 Å². The predicted molar refractivity (Wildman–Crippen MR) is 92.6 cm³/mol. The number of rotatable bonds is 3. The molecule has 3 aromatic heterocycles. The number of benzene rings is 1. The minimum absolute atomic E-state index is 0.139. The van der Waals surface area contributed by atoms with E-state index < -0.39 is 10.0 Å². The zero-order valence-corrected chi connectivity index (χ0v) is 13.6. The first-order valence-corrected chi connectivity index (χ1v) is 8.72. The largest absolute Gasteiger partial charge is 0.427 e. The second-order valence-electron chi connectivity index (χ2n) is 5.45. The van der Waals surface area contributed by atoms with Crippen LogP contribution in [0.4, 0.5) is 0 Å². The van der Waals surface area contributed by atoms with E-state index in [-0.39, 0.29) is 4.90 Å². The third-order valence-corrected chi connectivity index (χ3v) is 5.36. The van der Waals surface area contributed by atoms with Crippen molar-refractivity contribution in [3.8, 4) is 11.1 Å². The van der Waals surface area contributed by atoms with Crippen LogP contribution in [0.1, 0.15) is 0 Å². The molecule has 4 rings (SSSR count). The molecule has 0 unspecified atom stereocenters. The van der Waals surface area contributed by atoms with Crippen LogP contribution in [-0.4, -0.2) is 40.4 Å². The van der Waals surface area contributed by atoms with Gasteiger partial charge in [-0.15, -0.1) is 0 Å². The van der Waals surface area contributed by atoms with Gasteiger partial charge in [-0.25, -0.2) is 4.98 Å². The molecule has 0 bridgehead atoms. The lowest BCUT2D eigenvalue weighted by Crippen LogP contribution is -2.13. The van der Waals surface area contributed by atoms with Crippen molar-refractivity contribution in [1.29, 1.82) is 0 Å². The third-order valence-electron chi connectivity index (χ3n) is 3.80. The third kappa shape index (κ3) is 2.49. The molecule has 1 N–H and O–H groups in total. The van der Waals surface area contributed by atoms with Crippen LogP contribution >= 0.6 is 0 Å². The van der Waals surface area contributed by atoms with Crippen LogP contribution < -0.4 is 5.46 Å². The highest BCUT2D eigenvalue weighted by Crippen LogP contribution is 2.28. The zero-order valence-electron chi connectivity index (χ0n) is 12.8. The molecule has 3 heterocycles. The minimum Gasteiger partial charge on any atom is -0.427 e. The Balaban J connectivity index is 1.84. The Bertz CT molecular complexity index is 1180. The van der Waals surface area contributed by atoms with Crippen molar-refractivity contribution in [3.05, 3.63) is 61.2 Å². The van der Waals surface area contributed by atoms with Crippen LogP contribution in [0, 0.1) is 0 Å². The Kier molecular flexibility index (Phi) is 3.39. The molecular formula is C16H11BN4O3S. The van der Waals surface area contributed by atoms with E-state index in [0.717, 1.165) is 8.82 Å². The topological polar surface area (TPSA) is 90.0 Å². The summed E-state index contributed by atoms with van der Waals surface area (Å²) in [5, 5.41) is 14.5. The first-order valence-electron chi connectivity index (χ1n) is 7.28. The number of aromatic nitrogens is 4. The average molecular weight is 350 g/mol. The summed E-state index contributed by atoms with van der Waals surface area (Å²) in [4.78, 5) is 4.21. The van der Waals surface area contributed by atoms with Crippen molar-refractivity contribution in [3.63, 3.8) is 0 Å². The molecular weight excluding hydrogens is 339 g/mol. The maximum absolute atomic E-state index is 12.6. The molecule has 0 saturated heterocycles. The molecule has 0 aliphatic heterocycles. The molecule has 0 spiro atoms. The SMILES string of the molecule is [B]c1cnc2c(c1)c(-c1cnn(S(=O)(=O)c3ccccc3)c1)cn2O. The van der Waals surface area contributed by atoms with Crippen LogP contribution in [-0.2, 0) is 10.0 Å². The zero-order chi connectivity index (χ0) is 17.6. The van der Waals surface area contributed by atoms with E-state index in [4.69, 9.17) is 7.85 Å². The summed E-state index contributed by atoms with van der Waals surface area (Å²) in [6, 6.07) is 9.69. The van der Waals surface area contributed by atoms with Gasteiger partial charge in [0.25, 0.3) is 10.0 Å². The number of fused-ring (bicyclic) bond motifs is 1. The van der Waals surface area contributed by atoms with Gasteiger partial charge in [0.2, 0.25) is 0 Å². The summed E-state index contributed by atoms with van der Waals surface area (Å²) < 4.78 is 27.0. The van der Waals surface area contributed by atoms with E-state index in [1.165, 1.54) is 36.9 Å². The molecule has 2 radical (unpaired) electrons. The van der Waals surface area contributed by atoms with Crippen LogP contribution in [0.3, 0.4) is 0 Å².